The largest absolute Gasteiger partial charge is 0.376 e. The van der Waals surface area contributed by atoms with Gasteiger partial charge < -0.3 is 10.5 Å². The number of ether oxygens (including phenoxy) is 1. The van der Waals surface area contributed by atoms with Crippen molar-refractivity contribution >= 4 is 11.6 Å². The van der Waals surface area contributed by atoms with Crippen molar-refractivity contribution in [3.05, 3.63) is 59.3 Å². The number of rotatable bonds is 4. The highest BCUT2D eigenvalue weighted by atomic mass is 16.5. The molecule has 9 nitrogen and oxygen atoms in total. The van der Waals surface area contributed by atoms with Crippen LogP contribution in [0.1, 0.15) is 12.8 Å². The third kappa shape index (κ3) is 3.05. The molecule has 4 heterocycles. The molecule has 0 unspecified atom stereocenters. The number of anilines is 1. The highest BCUT2D eigenvalue weighted by molar-refractivity contribution is 5.90. The quantitative estimate of drug-likeness (QED) is 0.566. The maximum Gasteiger partial charge on any atom is 0.353 e. The lowest BCUT2D eigenvalue weighted by Crippen LogP contribution is -2.28. The van der Waals surface area contributed by atoms with Crippen LogP contribution in [0.5, 0.6) is 0 Å². The molecular formula is C20H19N7O2. The first kappa shape index (κ1) is 17.5. The lowest BCUT2D eigenvalue weighted by atomic mass is 10.0. The summed E-state index contributed by atoms with van der Waals surface area (Å²) in [6.07, 6.45) is 5.10. The standard InChI is InChI=1S/C20H19N7O2/c21-19-24-17(13-5-2-1-3-6-13)16(14-8-9-22-23-11-14)18-25-26(20(28)27(18)19)12-15-7-4-10-29-15/h1-3,5-6,8-9,11,15H,4,7,10,12H2,(H2,21,24)/t15-/m1/s1. The zero-order valence-electron chi connectivity index (χ0n) is 15.6. The Bertz CT molecular complexity index is 1210. The molecule has 5 rings (SSSR count). The van der Waals surface area contributed by atoms with E-state index in [0.29, 0.717) is 30.1 Å². The van der Waals surface area contributed by atoms with Crippen molar-refractivity contribution in [1.82, 2.24) is 29.4 Å². The number of nitrogens with two attached hydrogens (primary N) is 1. The molecule has 4 aromatic rings. The number of hydrogen-bond acceptors (Lipinski definition) is 7. The van der Waals surface area contributed by atoms with Crippen LogP contribution in [0.15, 0.2) is 53.6 Å². The predicted octanol–water partition coefficient (Wildman–Crippen LogP) is 1.78. The third-order valence-corrected chi connectivity index (χ3v) is 5.08. The van der Waals surface area contributed by atoms with Crippen LogP contribution in [-0.2, 0) is 11.3 Å². The molecule has 1 aliphatic rings. The highest BCUT2D eigenvalue weighted by Crippen LogP contribution is 2.33. The van der Waals surface area contributed by atoms with Crippen LogP contribution < -0.4 is 11.4 Å². The first-order valence-electron chi connectivity index (χ1n) is 9.45. The molecule has 1 atom stereocenters. The number of benzene rings is 1. The smallest absolute Gasteiger partial charge is 0.353 e. The second kappa shape index (κ2) is 7.10. The predicted molar refractivity (Wildman–Crippen MR) is 107 cm³/mol. The van der Waals surface area contributed by atoms with Gasteiger partial charge in [-0.1, -0.05) is 30.3 Å². The molecule has 146 valence electrons. The Morgan fingerprint density at radius 2 is 2.00 bits per heavy atom. The van der Waals surface area contributed by atoms with Crippen molar-refractivity contribution in [2.45, 2.75) is 25.5 Å². The maximum atomic E-state index is 13.0. The number of fused-ring (bicyclic) bond motifs is 1. The molecule has 0 saturated carbocycles. The van der Waals surface area contributed by atoms with Crippen LogP contribution in [0, 0.1) is 0 Å². The summed E-state index contributed by atoms with van der Waals surface area (Å²) in [6, 6.07) is 11.5. The molecule has 0 bridgehead atoms. The Balaban J connectivity index is 1.78. The molecule has 3 aromatic heterocycles. The van der Waals surface area contributed by atoms with Gasteiger partial charge in [0.2, 0.25) is 5.95 Å². The fourth-order valence-electron chi connectivity index (χ4n) is 3.71. The van der Waals surface area contributed by atoms with Crippen molar-refractivity contribution in [3.63, 3.8) is 0 Å². The van der Waals surface area contributed by atoms with Crippen molar-refractivity contribution in [2.24, 2.45) is 0 Å². The van der Waals surface area contributed by atoms with Crippen LogP contribution >= 0.6 is 0 Å². The average Bonchev–Trinajstić information content (AvgIpc) is 3.38. The summed E-state index contributed by atoms with van der Waals surface area (Å²) in [5, 5.41) is 12.5. The van der Waals surface area contributed by atoms with Gasteiger partial charge in [0.1, 0.15) is 0 Å². The molecule has 0 spiro atoms. The minimum Gasteiger partial charge on any atom is -0.376 e. The lowest BCUT2D eigenvalue weighted by Gasteiger charge is -2.11. The van der Waals surface area contributed by atoms with Gasteiger partial charge in [-0.3, -0.25) is 0 Å². The molecule has 1 aromatic carbocycles. The summed E-state index contributed by atoms with van der Waals surface area (Å²) >= 11 is 0. The fraction of sp³-hybridized carbons (Fsp3) is 0.250. The van der Waals surface area contributed by atoms with Gasteiger partial charge in [0, 0.05) is 17.7 Å². The van der Waals surface area contributed by atoms with E-state index in [1.165, 1.54) is 9.08 Å². The number of nitrogens with zero attached hydrogens (tertiary/aromatic N) is 6. The van der Waals surface area contributed by atoms with E-state index in [4.69, 9.17) is 10.5 Å². The molecule has 0 radical (unpaired) electrons. The van der Waals surface area contributed by atoms with Crippen LogP contribution in [0.2, 0.25) is 0 Å². The Labute approximate surface area is 165 Å². The molecule has 0 amide bonds. The van der Waals surface area contributed by atoms with E-state index in [0.717, 1.165) is 24.0 Å². The summed E-state index contributed by atoms with van der Waals surface area (Å²) in [5.41, 5.74) is 9.26. The number of aromatic nitrogens is 6. The minimum atomic E-state index is -0.330. The fourth-order valence-corrected chi connectivity index (χ4v) is 3.71. The molecule has 9 heteroatoms. The van der Waals surface area contributed by atoms with Crippen molar-refractivity contribution in [1.29, 1.82) is 0 Å². The van der Waals surface area contributed by atoms with Crippen molar-refractivity contribution in [2.75, 3.05) is 12.3 Å². The van der Waals surface area contributed by atoms with E-state index >= 15 is 0 Å². The van der Waals surface area contributed by atoms with Gasteiger partial charge in [-0.2, -0.15) is 10.2 Å². The van der Waals surface area contributed by atoms with Crippen LogP contribution in [0.3, 0.4) is 0 Å². The second-order valence-electron chi connectivity index (χ2n) is 6.95. The monoisotopic (exact) mass is 389 g/mol. The second-order valence-corrected chi connectivity index (χ2v) is 6.95. The normalized spacial score (nSPS) is 16.5. The zero-order valence-corrected chi connectivity index (χ0v) is 15.6. The van der Waals surface area contributed by atoms with Crippen LogP contribution in [0.4, 0.5) is 5.95 Å². The Kier molecular flexibility index (Phi) is 4.28. The van der Waals surface area contributed by atoms with E-state index in [-0.39, 0.29) is 17.7 Å². The van der Waals surface area contributed by atoms with Gasteiger partial charge in [0.15, 0.2) is 5.65 Å². The summed E-state index contributed by atoms with van der Waals surface area (Å²) in [4.78, 5) is 17.6. The Morgan fingerprint density at radius 1 is 1.14 bits per heavy atom. The zero-order chi connectivity index (χ0) is 19.8. The van der Waals surface area contributed by atoms with Gasteiger partial charge in [0.05, 0.1) is 36.3 Å². The average molecular weight is 389 g/mol. The summed E-state index contributed by atoms with van der Waals surface area (Å²) in [7, 11) is 0. The molecule has 2 N–H and O–H groups in total. The van der Waals surface area contributed by atoms with Crippen LogP contribution in [0.25, 0.3) is 28.0 Å². The lowest BCUT2D eigenvalue weighted by molar-refractivity contribution is 0.0931. The molecule has 1 fully saturated rings. The molecular weight excluding hydrogens is 370 g/mol. The van der Waals surface area contributed by atoms with Gasteiger partial charge in [-0.15, -0.1) is 5.10 Å². The van der Waals surface area contributed by atoms with Crippen molar-refractivity contribution < 1.29 is 4.74 Å². The van der Waals surface area contributed by atoms with E-state index < -0.39 is 0 Å². The van der Waals surface area contributed by atoms with Crippen molar-refractivity contribution in [3.8, 4) is 22.4 Å². The van der Waals surface area contributed by atoms with E-state index in [1.807, 2.05) is 36.4 Å². The summed E-state index contributed by atoms with van der Waals surface area (Å²) in [6.45, 7) is 1.09. The third-order valence-electron chi connectivity index (χ3n) is 5.08. The van der Waals surface area contributed by atoms with E-state index in [2.05, 4.69) is 20.3 Å². The summed E-state index contributed by atoms with van der Waals surface area (Å²) < 4.78 is 8.43. The number of hydrogen-bond donors (Lipinski definition) is 1. The molecule has 1 saturated heterocycles. The van der Waals surface area contributed by atoms with Gasteiger partial charge in [-0.05, 0) is 18.9 Å². The van der Waals surface area contributed by atoms with Gasteiger partial charge in [0.25, 0.3) is 0 Å². The Morgan fingerprint density at radius 3 is 2.72 bits per heavy atom. The minimum absolute atomic E-state index is 0.0218. The van der Waals surface area contributed by atoms with Gasteiger partial charge in [-0.25, -0.2) is 18.9 Å². The summed E-state index contributed by atoms with van der Waals surface area (Å²) in [5.74, 6) is 0.0909. The van der Waals surface area contributed by atoms with E-state index in [1.54, 1.807) is 12.4 Å². The number of nitrogen functional groups attached to an aromatic ring is 1. The van der Waals surface area contributed by atoms with E-state index in [9.17, 15) is 4.79 Å². The van der Waals surface area contributed by atoms with Gasteiger partial charge >= 0.3 is 5.69 Å². The SMILES string of the molecule is Nc1nc(-c2ccccc2)c(-c2ccnnc2)c2nn(C[C@H]3CCCO3)c(=O)n12. The first-order valence-corrected chi connectivity index (χ1v) is 9.45. The molecule has 29 heavy (non-hydrogen) atoms. The molecule has 1 aliphatic heterocycles. The van der Waals surface area contributed by atoms with Crippen LogP contribution in [-0.4, -0.2) is 42.1 Å². The maximum absolute atomic E-state index is 13.0. The highest BCUT2D eigenvalue weighted by Gasteiger charge is 2.24. The first-order chi connectivity index (χ1) is 14.2. The Hall–Kier alpha value is -3.59. The topological polar surface area (TPSA) is 113 Å². The molecule has 0 aliphatic carbocycles.